The van der Waals surface area contributed by atoms with Crippen molar-refractivity contribution in [3.8, 4) is 11.5 Å². The minimum absolute atomic E-state index is 0.432. The van der Waals surface area contributed by atoms with Gasteiger partial charge in [0.25, 0.3) is 0 Å². The van der Waals surface area contributed by atoms with Gasteiger partial charge in [0.05, 0.1) is 6.54 Å². The van der Waals surface area contributed by atoms with E-state index < -0.39 is 0 Å². The minimum Gasteiger partial charge on any atom is -0.419 e. The van der Waals surface area contributed by atoms with Crippen LogP contribution in [0.1, 0.15) is 25.2 Å². The lowest BCUT2D eigenvalue weighted by Crippen LogP contribution is -2.43. The second-order valence-corrected chi connectivity index (χ2v) is 6.28. The largest absolute Gasteiger partial charge is 0.419 e. The molecule has 0 spiro atoms. The van der Waals surface area contributed by atoms with Gasteiger partial charge in [0.1, 0.15) is 0 Å². The molecule has 112 valence electrons. The standard InChI is InChI=1S/C15H19BrN4O/c16-12-6-4-11(5-7-12)15-19-18-14(21-15)10-20-8-2-1-3-13(20)9-17/h4-7,13H,1-3,8-10,17H2. The van der Waals surface area contributed by atoms with Crippen LogP contribution in [-0.4, -0.2) is 34.2 Å². The van der Waals surface area contributed by atoms with Crippen LogP contribution in [0.15, 0.2) is 33.2 Å². The van der Waals surface area contributed by atoms with E-state index in [1.165, 1.54) is 12.8 Å². The summed E-state index contributed by atoms with van der Waals surface area (Å²) in [6.45, 7) is 2.43. The first-order valence-corrected chi connectivity index (χ1v) is 8.08. The van der Waals surface area contributed by atoms with Crippen molar-refractivity contribution < 1.29 is 4.42 Å². The smallest absolute Gasteiger partial charge is 0.247 e. The van der Waals surface area contributed by atoms with E-state index in [1.54, 1.807) is 0 Å². The Labute approximate surface area is 132 Å². The second kappa shape index (κ2) is 6.68. The van der Waals surface area contributed by atoms with Crippen molar-refractivity contribution in [2.45, 2.75) is 31.8 Å². The van der Waals surface area contributed by atoms with Gasteiger partial charge in [-0.05, 0) is 43.7 Å². The van der Waals surface area contributed by atoms with Crippen molar-refractivity contribution in [2.75, 3.05) is 13.1 Å². The van der Waals surface area contributed by atoms with Crippen LogP contribution >= 0.6 is 15.9 Å². The van der Waals surface area contributed by atoms with E-state index in [9.17, 15) is 0 Å². The van der Waals surface area contributed by atoms with Gasteiger partial charge >= 0.3 is 0 Å². The second-order valence-electron chi connectivity index (χ2n) is 5.36. The summed E-state index contributed by atoms with van der Waals surface area (Å²) in [7, 11) is 0. The molecule has 21 heavy (non-hydrogen) atoms. The van der Waals surface area contributed by atoms with E-state index in [0.717, 1.165) is 23.0 Å². The maximum atomic E-state index is 5.84. The fraction of sp³-hybridized carbons (Fsp3) is 0.467. The van der Waals surface area contributed by atoms with E-state index in [-0.39, 0.29) is 0 Å². The maximum Gasteiger partial charge on any atom is 0.247 e. The van der Waals surface area contributed by atoms with Crippen LogP contribution in [0.4, 0.5) is 0 Å². The molecule has 1 atom stereocenters. The van der Waals surface area contributed by atoms with Crippen LogP contribution in [0.3, 0.4) is 0 Å². The minimum atomic E-state index is 0.432. The highest BCUT2D eigenvalue weighted by Gasteiger charge is 2.23. The number of rotatable bonds is 4. The van der Waals surface area contributed by atoms with Crippen LogP contribution in [-0.2, 0) is 6.54 Å². The summed E-state index contributed by atoms with van der Waals surface area (Å²) in [5.74, 6) is 1.23. The zero-order valence-electron chi connectivity index (χ0n) is 11.8. The molecule has 1 unspecified atom stereocenters. The summed E-state index contributed by atoms with van der Waals surface area (Å²) in [4.78, 5) is 2.35. The molecule has 1 aliphatic heterocycles. The zero-order valence-corrected chi connectivity index (χ0v) is 13.4. The molecule has 1 saturated heterocycles. The van der Waals surface area contributed by atoms with Gasteiger partial charge in [0.2, 0.25) is 11.8 Å². The lowest BCUT2D eigenvalue weighted by atomic mass is 10.0. The Hall–Kier alpha value is -1.24. The third-order valence-electron chi connectivity index (χ3n) is 3.92. The Bertz CT molecular complexity index is 584. The number of nitrogens with zero attached hydrogens (tertiary/aromatic N) is 3. The fourth-order valence-corrected chi connectivity index (χ4v) is 3.00. The van der Waals surface area contributed by atoms with Crippen LogP contribution < -0.4 is 5.73 Å². The number of hydrogen-bond acceptors (Lipinski definition) is 5. The first-order chi connectivity index (χ1) is 10.3. The normalized spacial score (nSPS) is 19.8. The van der Waals surface area contributed by atoms with E-state index in [2.05, 4.69) is 31.0 Å². The average Bonchev–Trinajstić information content (AvgIpc) is 2.97. The summed E-state index contributed by atoms with van der Waals surface area (Å²) in [6.07, 6.45) is 3.63. The van der Waals surface area contributed by atoms with Crippen LogP contribution in [0, 0.1) is 0 Å². The molecule has 2 aromatic rings. The molecule has 0 aliphatic carbocycles. The molecule has 1 aliphatic rings. The lowest BCUT2D eigenvalue weighted by Gasteiger charge is -2.33. The van der Waals surface area contributed by atoms with Crippen molar-refractivity contribution in [2.24, 2.45) is 5.73 Å². The molecule has 2 heterocycles. The first-order valence-electron chi connectivity index (χ1n) is 7.28. The summed E-state index contributed by atoms with van der Waals surface area (Å²) in [5.41, 5.74) is 6.78. The number of piperidine rings is 1. The molecule has 2 N–H and O–H groups in total. The SMILES string of the molecule is NCC1CCCCN1Cc1nnc(-c2ccc(Br)cc2)o1. The molecule has 1 aromatic carbocycles. The van der Waals surface area contributed by atoms with Gasteiger partial charge < -0.3 is 10.2 Å². The summed E-state index contributed by atoms with van der Waals surface area (Å²) >= 11 is 3.42. The number of nitrogens with two attached hydrogens (primary N) is 1. The Morgan fingerprint density at radius 1 is 1.24 bits per heavy atom. The lowest BCUT2D eigenvalue weighted by molar-refractivity contribution is 0.132. The Balaban J connectivity index is 1.71. The van der Waals surface area contributed by atoms with Gasteiger partial charge in [-0.1, -0.05) is 22.4 Å². The van der Waals surface area contributed by atoms with Gasteiger partial charge in [0.15, 0.2) is 0 Å². The molecule has 6 heteroatoms. The average molecular weight is 351 g/mol. The third-order valence-corrected chi connectivity index (χ3v) is 4.45. The summed E-state index contributed by atoms with van der Waals surface area (Å²) in [5, 5.41) is 8.31. The molecule has 3 rings (SSSR count). The quantitative estimate of drug-likeness (QED) is 0.917. The number of benzene rings is 1. The molecule has 5 nitrogen and oxygen atoms in total. The fourth-order valence-electron chi connectivity index (χ4n) is 2.74. The van der Waals surface area contributed by atoms with Crippen molar-refractivity contribution in [1.82, 2.24) is 15.1 Å². The topological polar surface area (TPSA) is 68.2 Å². The molecular formula is C15H19BrN4O. The van der Waals surface area contributed by atoms with Gasteiger partial charge in [-0.25, -0.2) is 0 Å². The maximum absolute atomic E-state index is 5.84. The molecule has 0 amide bonds. The van der Waals surface area contributed by atoms with Gasteiger partial charge in [0, 0.05) is 22.6 Å². The predicted octanol–water partition coefficient (Wildman–Crippen LogP) is 2.81. The molecule has 1 aromatic heterocycles. The molecule has 0 bridgehead atoms. The van der Waals surface area contributed by atoms with Gasteiger partial charge in [-0.3, -0.25) is 4.90 Å². The van der Waals surface area contributed by atoms with Gasteiger partial charge in [-0.2, -0.15) is 0 Å². The number of likely N-dealkylation sites (tertiary alicyclic amines) is 1. The Morgan fingerprint density at radius 3 is 2.81 bits per heavy atom. The van der Waals surface area contributed by atoms with Crippen LogP contribution in [0.25, 0.3) is 11.5 Å². The monoisotopic (exact) mass is 350 g/mol. The van der Waals surface area contributed by atoms with Crippen molar-refractivity contribution in [1.29, 1.82) is 0 Å². The number of aromatic nitrogens is 2. The van der Waals surface area contributed by atoms with E-state index in [1.807, 2.05) is 24.3 Å². The summed E-state index contributed by atoms with van der Waals surface area (Å²) < 4.78 is 6.82. The van der Waals surface area contributed by atoms with E-state index in [4.69, 9.17) is 10.2 Å². The Kier molecular flexibility index (Phi) is 4.67. The van der Waals surface area contributed by atoms with Crippen molar-refractivity contribution in [3.63, 3.8) is 0 Å². The van der Waals surface area contributed by atoms with E-state index >= 15 is 0 Å². The highest BCUT2D eigenvalue weighted by atomic mass is 79.9. The molecule has 0 radical (unpaired) electrons. The van der Waals surface area contributed by atoms with Crippen molar-refractivity contribution >= 4 is 15.9 Å². The Morgan fingerprint density at radius 2 is 2.05 bits per heavy atom. The zero-order chi connectivity index (χ0) is 14.7. The molecule has 0 saturated carbocycles. The van der Waals surface area contributed by atoms with Crippen molar-refractivity contribution in [3.05, 3.63) is 34.6 Å². The first kappa shape index (κ1) is 14.7. The van der Waals surface area contributed by atoms with E-state index in [0.29, 0.717) is 30.9 Å². The number of hydrogen-bond donors (Lipinski definition) is 1. The number of halogens is 1. The van der Waals surface area contributed by atoms with Crippen LogP contribution in [0.2, 0.25) is 0 Å². The molecular weight excluding hydrogens is 332 g/mol. The van der Waals surface area contributed by atoms with Gasteiger partial charge in [-0.15, -0.1) is 10.2 Å². The highest BCUT2D eigenvalue weighted by Crippen LogP contribution is 2.22. The predicted molar refractivity (Wildman–Crippen MR) is 84.5 cm³/mol. The van der Waals surface area contributed by atoms with Crippen LogP contribution in [0.5, 0.6) is 0 Å². The summed E-state index contributed by atoms with van der Waals surface area (Å²) in [6, 6.07) is 8.29. The molecule has 1 fully saturated rings. The third kappa shape index (κ3) is 3.51. The highest BCUT2D eigenvalue weighted by molar-refractivity contribution is 9.10.